The van der Waals surface area contributed by atoms with Crippen LogP contribution in [0.4, 0.5) is 31.1 Å². The van der Waals surface area contributed by atoms with Crippen molar-refractivity contribution in [1.82, 2.24) is 40.1 Å². The number of aromatic nitrogens is 5. The van der Waals surface area contributed by atoms with E-state index in [1.807, 2.05) is 38.1 Å². The molecular weight excluding hydrogens is 813 g/mol. The van der Waals surface area contributed by atoms with E-state index < -0.39 is 6.43 Å². The smallest absolute Gasteiger partial charge is 0.264 e. The summed E-state index contributed by atoms with van der Waals surface area (Å²) < 4.78 is 33.1. The lowest BCUT2D eigenvalue weighted by molar-refractivity contribution is -0.122. The van der Waals surface area contributed by atoms with Gasteiger partial charge in [0.2, 0.25) is 5.91 Å². The molecule has 2 amide bonds. The molecule has 3 aliphatic rings. The fourth-order valence-electron chi connectivity index (χ4n) is 8.95. The lowest BCUT2D eigenvalue weighted by atomic mass is 9.92. The maximum absolute atomic E-state index is 14.7. The van der Waals surface area contributed by atoms with Gasteiger partial charge in [0.05, 0.1) is 30.5 Å². The molecule has 0 radical (unpaired) electrons. The van der Waals surface area contributed by atoms with E-state index in [0.717, 1.165) is 103 Å². The van der Waals surface area contributed by atoms with Gasteiger partial charge < -0.3 is 20.9 Å². The lowest BCUT2D eigenvalue weighted by Crippen LogP contribution is -2.43. The Bertz CT molecular complexity index is 2440. The molecule has 1 atom stereocenters. The Labute approximate surface area is 364 Å². The fraction of sp³-hybridized carbons (Fsp3) is 0.467. The number of alkyl halides is 2. The summed E-state index contributed by atoms with van der Waals surface area (Å²) in [6.45, 7) is 9.72. The summed E-state index contributed by atoms with van der Waals surface area (Å²) in [5.74, 6) is 0.630. The summed E-state index contributed by atoms with van der Waals surface area (Å²) in [7, 11) is 1.78. The van der Waals surface area contributed by atoms with Crippen LogP contribution in [-0.4, -0.2) is 92.4 Å². The summed E-state index contributed by atoms with van der Waals surface area (Å²) in [5, 5.41) is 22.9. The molecule has 3 aliphatic heterocycles. The standard InChI is InChI=1S/C45H55F2N11O3S/c1-27-18-32(9-10-34(27)44(61)53-45-51-22-28(2)62-45)48-13-5-6-14-49-41(60)26-56-16-11-33(12-17-56)58-40-24-50-38(29(3)59)20-37(40)43(54-58)57-15-7-8-30-19-35(31-23-52-55(4)25-31)36(42(46)47)21-39(30)57/h9-10,18-19,21-23,25,33,38,42,48,50H,5-8,11-17,20,24,26H2,1-4H3,(H,49,60)(H,51,53,61). The zero-order valence-electron chi connectivity index (χ0n) is 35.8. The number of halogens is 2. The van der Waals surface area contributed by atoms with Crippen molar-refractivity contribution >= 4 is 51.3 Å². The first kappa shape index (κ1) is 43.1. The number of amides is 2. The number of carbonyl (C=O) groups excluding carboxylic acids is 3. The lowest BCUT2D eigenvalue weighted by Gasteiger charge is -2.33. The van der Waals surface area contributed by atoms with Gasteiger partial charge in [-0.15, -0.1) is 11.3 Å². The maximum Gasteiger partial charge on any atom is 0.264 e. The molecule has 1 unspecified atom stereocenters. The monoisotopic (exact) mass is 867 g/mol. The Hall–Kier alpha value is -5.52. The molecule has 5 aromatic rings. The average Bonchev–Trinajstić information content (AvgIpc) is 3.99. The van der Waals surface area contributed by atoms with Crippen molar-refractivity contribution in [2.75, 3.05) is 54.8 Å². The molecule has 62 heavy (non-hydrogen) atoms. The quantitative estimate of drug-likeness (QED) is 0.0820. The van der Waals surface area contributed by atoms with E-state index in [0.29, 0.717) is 54.4 Å². The molecule has 1 fully saturated rings. The second-order valence-electron chi connectivity index (χ2n) is 16.7. The molecule has 17 heteroatoms. The van der Waals surface area contributed by atoms with Crippen LogP contribution >= 0.6 is 11.3 Å². The van der Waals surface area contributed by atoms with E-state index in [-0.39, 0.29) is 35.2 Å². The Kier molecular flexibility index (Phi) is 13.1. The van der Waals surface area contributed by atoms with Crippen molar-refractivity contribution in [3.05, 3.63) is 87.3 Å². The molecule has 4 N–H and O–H groups in total. The van der Waals surface area contributed by atoms with Crippen LogP contribution in [-0.2, 0) is 36.0 Å². The number of unbranched alkanes of at least 4 members (excludes halogenated alkanes) is 1. The second kappa shape index (κ2) is 18.8. The summed E-state index contributed by atoms with van der Waals surface area (Å²) in [5.41, 5.74) is 7.32. The molecule has 328 valence electrons. The zero-order valence-corrected chi connectivity index (χ0v) is 36.6. The Morgan fingerprint density at radius 2 is 1.84 bits per heavy atom. The number of aryl methyl sites for hydroxylation is 4. The number of nitrogens with zero attached hydrogens (tertiary/aromatic N) is 7. The van der Waals surface area contributed by atoms with Gasteiger partial charge >= 0.3 is 0 Å². The van der Waals surface area contributed by atoms with Crippen molar-refractivity contribution in [2.24, 2.45) is 7.05 Å². The zero-order chi connectivity index (χ0) is 43.5. The highest BCUT2D eigenvalue weighted by Crippen LogP contribution is 2.43. The average molecular weight is 868 g/mol. The van der Waals surface area contributed by atoms with Gasteiger partial charge in [0, 0.05) is 104 Å². The number of nitrogens with one attached hydrogen (secondary N) is 4. The number of ketones is 1. The Morgan fingerprint density at radius 1 is 1.03 bits per heavy atom. The molecule has 0 saturated carbocycles. The number of fused-ring (bicyclic) bond motifs is 2. The van der Waals surface area contributed by atoms with Crippen LogP contribution in [0.3, 0.4) is 0 Å². The number of thiazole rings is 1. The number of carbonyl (C=O) groups is 3. The summed E-state index contributed by atoms with van der Waals surface area (Å²) in [6, 6.07) is 8.97. The van der Waals surface area contributed by atoms with Gasteiger partial charge in [-0.3, -0.25) is 34.0 Å². The maximum atomic E-state index is 14.7. The number of likely N-dealkylation sites (tertiary alicyclic amines) is 1. The van der Waals surface area contributed by atoms with E-state index in [1.165, 1.54) is 11.3 Å². The van der Waals surface area contributed by atoms with Crippen molar-refractivity contribution < 1.29 is 23.2 Å². The normalized spacial score (nSPS) is 16.9. The van der Waals surface area contributed by atoms with Gasteiger partial charge in [-0.1, -0.05) is 0 Å². The minimum absolute atomic E-state index is 0.00523. The number of hydrogen-bond donors (Lipinski definition) is 4. The largest absolute Gasteiger partial charge is 0.385 e. The highest BCUT2D eigenvalue weighted by atomic mass is 32.1. The molecule has 6 heterocycles. The molecule has 3 aromatic heterocycles. The summed E-state index contributed by atoms with van der Waals surface area (Å²) >= 11 is 1.44. The van der Waals surface area contributed by atoms with E-state index >= 15 is 0 Å². The van der Waals surface area contributed by atoms with Crippen LogP contribution in [0.2, 0.25) is 0 Å². The number of anilines is 4. The van der Waals surface area contributed by atoms with E-state index in [4.69, 9.17) is 5.10 Å². The molecule has 0 aliphatic carbocycles. The molecule has 8 rings (SSSR count). The molecule has 0 bridgehead atoms. The third kappa shape index (κ3) is 9.59. The van der Waals surface area contributed by atoms with E-state index in [2.05, 4.69) is 45.8 Å². The molecule has 1 saturated heterocycles. The van der Waals surface area contributed by atoms with E-state index in [9.17, 15) is 23.2 Å². The first-order valence-electron chi connectivity index (χ1n) is 21.5. The van der Waals surface area contributed by atoms with Crippen LogP contribution in [0.1, 0.15) is 94.7 Å². The van der Waals surface area contributed by atoms with Crippen molar-refractivity contribution in [3.8, 4) is 11.1 Å². The number of piperidine rings is 1. The molecule has 2 aromatic carbocycles. The molecular formula is C45H55F2N11O3S. The third-order valence-electron chi connectivity index (χ3n) is 12.2. The van der Waals surface area contributed by atoms with Gasteiger partial charge in [0.15, 0.2) is 10.9 Å². The second-order valence-corrected chi connectivity index (χ2v) is 18.0. The topological polar surface area (TPSA) is 154 Å². The van der Waals surface area contributed by atoms with Gasteiger partial charge in [-0.25, -0.2) is 13.8 Å². The van der Waals surface area contributed by atoms with E-state index in [1.54, 1.807) is 43.3 Å². The first-order valence-corrected chi connectivity index (χ1v) is 22.4. The predicted molar refractivity (Wildman–Crippen MR) is 238 cm³/mol. The summed E-state index contributed by atoms with van der Waals surface area (Å²) in [6.07, 6.45) is 7.85. The highest BCUT2D eigenvalue weighted by molar-refractivity contribution is 7.15. The van der Waals surface area contributed by atoms with Crippen LogP contribution in [0.25, 0.3) is 11.1 Å². The highest BCUT2D eigenvalue weighted by Gasteiger charge is 2.35. The van der Waals surface area contributed by atoms with Gasteiger partial charge in [0.1, 0.15) is 5.78 Å². The fourth-order valence-corrected chi connectivity index (χ4v) is 9.61. The third-order valence-corrected chi connectivity index (χ3v) is 13.1. The molecule has 0 spiro atoms. The van der Waals surface area contributed by atoms with Crippen LogP contribution in [0, 0.1) is 13.8 Å². The van der Waals surface area contributed by atoms with Gasteiger partial charge in [0.25, 0.3) is 12.3 Å². The number of hydrogen-bond acceptors (Lipinski definition) is 11. The minimum Gasteiger partial charge on any atom is -0.385 e. The van der Waals surface area contributed by atoms with Gasteiger partial charge in [-0.05, 0) is 106 Å². The number of benzene rings is 2. The number of Topliss-reactive ketones (excluding diaryl/α,β-unsaturated/α-hetero) is 1. The Morgan fingerprint density at radius 3 is 2.55 bits per heavy atom. The Balaban J connectivity index is 0.846. The molecule has 14 nitrogen and oxygen atoms in total. The van der Waals surface area contributed by atoms with Crippen molar-refractivity contribution in [1.29, 1.82) is 0 Å². The first-order chi connectivity index (χ1) is 29.9. The minimum atomic E-state index is -2.67. The van der Waals surface area contributed by atoms with Crippen LogP contribution in [0.5, 0.6) is 0 Å². The number of rotatable bonds is 15. The van der Waals surface area contributed by atoms with Crippen molar-refractivity contribution in [3.63, 3.8) is 0 Å². The van der Waals surface area contributed by atoms with Crippen molar-refractivity contribution in [2.45, 2.75) is 90.8 Å². The summed E-state index contributed by atoms with van der Waals surface area (Å²) in [4.78, 5) is 47.8. The van der Waals surface area contributed by atoms with Gasteiger partial charge in [-0.2, -0.15) is 10.2 Å². The van der Waals surface area contributed by atoms with Crippen LogP contribution < -0.4 is 26.2 Å². The SMILES string of the molecule is CC(=O)C1Cc2c(N3CCCc4cc(-c5cnn(C)c5)c(C(F)F)cc43)nn(C3CCN(CC(=O)NCCCCNc4ccc(C(=O)Nc5ncc(C)s5)c(C)c4)CC3)c2CN1. The van der Waals surface area contributed by atoms with Crippen LogP contribution in [0.15, 0.2) is 48.9 Å². The predicted octanol–water partition coefficient (Wildman–Crippen LogP) is 6.88.